The number of hydrogen-bond acceptors (Lipinski definition) is 6. The SMILES string of the molecule is CCC1(Cc2ccccc2)N=c2cccc3/c(=C4/C(=O)C(c5ccc6c7c(cccc57)N(C)C(CC)(Cc5ccccc5)N6C)=C4O)ccc(c23)N1C. The van der Waals surface area contributed by atoms with Gasteiger partial charge in [-0.2, -0.15) is 0 Å². The van der Waals surface area contributed by atoms with Gasteiger partial charge in [0, 0.05) is 61.8 Å². The highest BCUT2D eigenvalue weighted by atomic mass is 16.3. The van der Waals surface area contributed by atoms with E-state index in [1.54, 1.807) is 0 Å². The number of benzene rings is 6. The Balaban J connectivity index is 1.17. The van der Waals surface area contributed by atoms with Crippen LogP contribution in [0.5, 0.6) is 0 Å². The van der Waals surface area contributed by atoms with Crippen LogP contribution in [0.15, 0.2) is 132 Å². The first-order valence-electron chi connectivity index (χ1n) is 18.7. The fraction of sp³-hybridized carbons (Fsp3) is 0.234. The molecule has 6 aromatic carbocycles. The first-order chi connectivity index (χ1) is 25.7. The first kappa shape index (κ1) is 33.0. The fourth-order valence-electron chi connectivity index (χ4n) is 9.49. The number of anilines is 3. The Morgan fingerprint density at radius 1 is 0.585 bits per heavy atom. The van der Waals surface area contributed by atoms with Crippen LogP contribution in [-0.4, -0.2) is 43.4 Å². The van der Waals surface area contributed by atoms with Crippen LogP contribution < -0.4 is 25.3 Å². The van der Waals surface area contributed by atoms with Crippen molar-refractivity contribution in [2.45, 2.75) is 50.9 Å². The van der Waals surface area contributed by atoms with Crippen LogP contribution in [0.25, 0.3) is 32.7 Å². The number of Topliss-reactive ketones (excluding diaryl/α,β-unsaturated/α-hetero) is 1. The van der Waals surface area contributed by atoms with Gasteiger partial charge in [0.15, 0.2) is 0 Å². The molecular formula is C47H44N4O2. The Kier molecular flexibility index (Phi) is 7.53. The Labute approximate surface area is 310 Å². The predicted molar refractivity (Wildman–Crippen MR) is 218 cm³/mol. The Bertz CT molecular complexity index is 2620. The van der Waals surface area contributed by atoms with Gasteiger partial charge in [0.2, 0.25) is 5.78 Å². The summed E-state index contributed by atoms with van der Waals surface area (Å²) in [6, 6.07) is 41.9. The lowest BCUT2D eigenvalue weighted by molar-refractivity contribution is -0.109. The molecule has 6 nitrogen and oxygen atoms in total. The summed E-state index contributed by atoms with van der Waals surface area (Å²) in [4.78, 5) is 26.9. The van der Waals surface area contributed by atoms with Gasteiger partial charge >= 0.3 is 0 Å². The highest BCUT2D eigenvalue weighted by Crippen LogP contribution is 2.50. The van der Waals surface area contributed by atoms with Gasteiger partial charge in [-0.05, 0) is 69.8 Å². The van der Waals surface area contributed by atoms with Gasteiger partial charge in [0.05, 0.1) is 16.5 Å². The molecule has 0 spiro atoms. The molecular weight excluding hydrogens is 653 g/mol. The van der Waals surface area contributed by atoms with Crippen molar-refractivity contribution in [3.05, 3.63) is 154 Å². The number of nitrogens with zero attached hydrogens (tertiary/aromatic N) is 4. The molecule has 0 amide bonds. The van der Waals surface area contributed by atoms with Crippen LogP contribution in [-0.2, 0) is 17.6 Å². The van der Waals surface area contributed by atoms with Crippen LogP contribution in [0.3, 0.4) is 0 Å². The average Bonchev–Trinajstić information content (AvgIpc) is 3.19. The maximum Gasteiger partial charge on any atom is 0.201 e. The molecule has 264 valence electrons. The van der Waals surface area contributed by atoms with E-state index in [1.165, 1.54) is 11.1 Å². The van der Waals surface area contributed by atoms with E-state index in [9.17, 15) is 9.90 Å². The van der Waals surface area contributed by atoms with Crippen LogP contribution in [0.1, 0.15) is 43.4 Å². The molecule has 0 saturated carbocycles. The maximum atomic E-state index is 14.4. The summed E-state index contributed by atoms with van der Waals surface area (Å²) in [5.74, 6) is -0.0875. The maximum absolute atomic E-state index is 14.4. The van der Waals surface area contributed by atoms with Gasteiger partial charge in [0.25, 0.3) is 0 Å². The van der Waals surface area contributed by atoms with Gasteiger partial charge in [-0.3, -0.25) is 9.79 Å². The second-order valence-electron chi connectivity index (χ2n) is 14.9. The lowest BCUT2D eigenvalue weighted by atomic mass is 9.79. The zero-order valence-corrected chi connectivity index (χ0v) is 31.0. The second-order valence-corrected chi connectivity index (χ2v) is 14.9. The third-order valence-corrected chi connectivity index (χ3v) is 12.5. The molecule has 0 bridgehead atoms. The summed E-state index contributed by atoms with van der Waals surface area (Å²) < 4.78 is 0. The normalized spacial score (nSPS) is 21.7. The number of aliphatic hydroxyl groups excluding tert-OH is 1. The van der Waals surface area contributed by atoms with Crippen molar-refractivity contribution in [1.82, 2.24) is 0 Å². The van der Waals surface area contributed by atoms with Gasteiger partial charge in [0.1, 0.15) is 17.1 Å². The van der Waals surface area contributed by atoms with E-state index in [-0.39, 0.29) is 17.2 Å². The van der Waals surface area contributed by atoms with Crippen molar-refractivity contribution in [1.29, 1.82) is 0 Å². The molecule has 6 heteroatoms. The monoisotopic (exact) mass is 696 g/mol. The Morgan fingerprint density at radius 2 is 1.19 bits per heavy atom. The highest BCUT2D eigenvalue weighted by molar-refractivity contribution is 6.53. The molecule has 1 N–H and O–H groups in total. The summed E-state index contributed by atoms with van der Waals surface area (Å²) in [6.45, 7) is 4.44. The third-order valence-electron chi connectivity index (χ3n) is 12.5. The quantitative estimate of drug-likeness (QED) is 0.182. The summed E-state index contributed by atoms with van der Waals surface area (Å²) in [5, 5.41) is 17.5. The number of likely N-dealkylation sites (N-methyl/N-ethyl adjacent to an activating group) is 3. The number of carbonyl (C=O) groups excluding carboxylic acids is 1. The molecule has 2 aliphatic heterocycles. The summed E-state index contributed by atoms with van der Waals surface area (Å²) in [7, 11) is 6.48. The molecule has 1 aliphatic carbocycles. The van der Waals surface area contributed by atoms with Gasteiger partial charge in [-0.15, -0.1) is 0 Å². The Hall–Kier alpha value is -5.88. The lowest BCUT2D eigenvalue weighted by Crippen LogP contribution is -2.61. The van der Waals surface area contributed by atoms with E-state index in [0.29, 0.717) is 11.1 Å². The summed E-state index contributed by atoms with van der Waals surface area (Å²) in [5.41, 5.74) is 6.65. The highest BCUT2D eigenvalue weighted by Gasteiger charge is 2.44. The molecule has 2 heterocycles. The first-order valence-corrected chi connectivity index (χ1v) is 18.7. The standard InChI is InChI=1S/C47H44N4O2/c1-6-46(28-30-16-10-8-11-17-30)48-36-22-14-20-32-34(24-26-38(40(32)36)49(46)3)42-44(52)43(45(42)53)35-25-27-39-41-33(35)21-15-23-37(41)50(4)47(7-2,51(39)5)29-31-18-12-9-13-19-31/h8-27,52H,6-7,28-29H2,1-5H3/b42-34+. The fourth-order valence-corrected chi connectivity index (χ4v) is 9.49. The second kappa shape index (κ2) is 12.1. The van der Waals surface area contributed by atoms with E-state index in [4.69, 9.17) is 4.99 Å². The largest absolute Gasteiger partial charge is 0.506 e. The molecule has 0 aromatic heterocycles. The molecule has 3 aliphatic rings. The molecule has 2 atom stereocenters. The smallest absolute Gasteiger partial charge is 0.201 e. The average molecular weight is 697 g/mol. The number of allylic oxidation sites excluding steroid dienone is 2. The van der Waals surface area contributed by atoms with Crippen molar-refractivity contribution in [3.63, 3.8) is 0 Å². The summed E-state index contributed by atoms with van der Waals surface area (Å²) >= 11 is 0. The van der Waals surface area contributed by atoms with Crippen LogP contribution in [0, 0.1) is 0 Å². The third kappa shape index (κ3) is 4.64. The van der Waals surface area contributed by atoms with Gasteiger partial charge in [-0.1, -0.05) is 111 Å². The van der Waals surface area contributed by atoms with E-state index in [1.807, 2.05) is 30.3 Å². The van der Waals surface area contributed by atoms with Crippen molar-refractivity contribution in [2.24, 2.45) is 4.99 Å². The van der Waals surface area contributed by atoms with E-state index in [2.05, 4.69) is 141 Å². The van der Waals surface area contributed by atoms with Crippen LogP contribution in [0.4, 0.5) is 17.1 Å². The van der Waals surface area contributed by atoms with E-state index < -0.39 is 5.66 Å². The molecule has 6 aromatic rings. The van der Waals surface area contributed by atoms with Gasteiger partial charge in [-0.25, -0.2) is 0 Å². The molecule has 0 radical (unpaired) electrons. The van der Waals surface area contributed by atoms with E-state index >= 15 is 0 Å². The van der Waals surface area contributed by atoms with Crippen molar-refractivity contribution < 1.29 is 9.90 Å². The molecule has 2 unspecified atom stereocenters. The minimum absolute atomic E-state index is 0.0500. The lowest BCUT2D eigenvalue weighted by Gasteiger charge is -2.54. The topological polar surface area (TPSA) is 59.4 Å². The molecule has 9 rings (SSSR count). The number of hydrogen-bond donors (Lipinski definition) is 1. The number of ketones is 1. The number of carbonyl (C=O) groups is 1. The molecule has 0 fully saturated rings. The number of aliphatic hydroxyl groups is 1. The van der Waals surface area contributed by atoms with Gasteiger partial charge < -0.3 is 19.8 Å². The molecule has 0 saturated heterocycles. The number of rotatable bonds is 7. The minimum atomic E-state index is -0.437. The zero-order chi connectivity index (χ0) is 36.6. The van der Waals surface area contributed by atoms with Crippen LogP contribution >= 0.6 is 0 Å². The van der Waals surface area contributed by atoms with E-state index in [0.717, 1.165) is 80.4 Å². The Morgan fingerprint density at radius 3 is 1.85 bits per heavy atom. The van der Waals surface area contributed by atoms with Crippen LogP contribution in [0.2, 0.25) is 0 Å². The van der Waals surface area contributed by atoms with Crippen molar-refractivity contribution in [3.8, 4) is 0 Å². The molecule has 53 heavy (non-hydrogen) atoms. The van der Waals surface area contributed by atoms with Crippen molar-refractivity contribution in [2.75, 3.05) is 35.8 Å². The summed E-state index contributed by atoms with van der Waals surface area (Å²) in [6.07, 6.45) is 3.40. The minimum Gasteiger partial charge on any atom is -0.506 e. The predicted octanol–water partition coefficient (Wildman–Crippen LogP) is 8.35. The van der Waals surface area contributed by atoms with Crippen molar-refractivity contribution >= 4 is 55.5 Å². The zero-order valence-electron chi connectivity index (χ0n) is 31.0.